The molecule has 3 amide bonds. The Morgan fingerprint density at radius 2 is 1.75 bits per heavy atom. The molecule has 0 spiro atoms. The Hall–Kier alpha value is -2.42. The lowest BCUT2D eigenvalue weighted by Gasteiger charge is -2.36. The molecule has 0 aromatic heterocycles. The van der Waals surface area contributed by atoms with Crippen LogP contribution in [0.15, 0.2) is 24.3 Å². The van der Waals surface area contributed by atoms with Crippen molar-refractivity contribution in [3.8, 4) is 5.75 Å². The van der Waals surface area contributed by atoms with E-state index in [0.29, 0.717) is 30.7 Å². The molecule has 1 fully saturated rings. The number of alkyl carbamates (subject to hydrolysis) is 1. The van der Waals surface area contributed by atoms with Crippen molar-refractivity contribution in [2.24, 2.45) is 0 Å². The Labute approximate surface area is 245 Å². The van der Waals surface area contributed by atoms with Gasteiger partial charge in [0.1, 0.15) is 23.4 Å². The average molecular weight is 578 g/mol. The Morgan fingerprint density at radius 3 is 2.38 bits per heavy atom. The molecule has 1 aliphatic carbocycles. The molecule has 226 valence electrons. The topological polar surface area (TPSA) is 108 Å². The van der Waals surface area contributed by atoms with Gasteiger partial charge in [-0.1, -0.05) is 70.1 Å². The van der Waals surface area contributed by atoms with Crippen LogP contribution in [0.5, 0.6) is 5.75 Å². The van der Waals surface area contributed by atoms with Gasteiger partial charge in [0.25, 0.3) is 0 Å². The molecule has 0 heterocycles. The van der Waals surface area contributed by atoms with Crippen molar-refractivity contribution in [1.82, 2.24) is 15.5 Å². The summed E-state index contributed by atoms with van der Waals surface area (Å²) in [5, 5.41) is 16.8. The van der Waals surface area contributed by atoms with Crippen LogP contribution in [-0.2, 0) is 14.3 Å². The molecule has 8 nitrogen and oxygen atoms in total. The Bertz CT molecular complexity index is 930. The first kappa shape index (κ1) is 33.8. The summed E-state index contributed by atoms with van der Waals surface area (Å²) in [7, 11) is 0. The van der Waals surface area contributed by atoms with Crippen molar-refractivity contribution < 1.29 is 24.2 Å². The van der Waals surface area contributed by atoms with E-state index in [1.807, 2.05) is 6.26 Å². The first-order chi connectivity index (χ1) is 19.1. The zero-order valence-electron chi connectivity index (χ0n) is 25.2. The molecular weight excluding hydrogens is 526 g/mol. The molecule has 1 saturated carbocycles. The van der Waals surface area contributed by atoms with Crippen molar-refractivity contribution in [3.05, 3.63) is 29.8 Å². The van der Waals surface area contributed by atoms with E-state index in [-0.39, 0.29) is 23.6 Å². The van der Waals surface area contributed by atoms with E-state index >= 15 is 0 Å². The molecule has 1 aliphatic rings. The normalized spacial score (nSPS) is 15.6. The average Bonchev–Trinajstić information content (AvgIpc) is 2.90. The van der Waals surface area contributed by atoms with Gasteiger partial charge in [-0.05, 0) is 64.5 Å². The van der Waals surface area contributed by atoms with Crippen molar-refractivity contribution in [2.45, 2.75) is 122 Å². The van der Waals surface area contributed by atoms with Gasteiger partial charge in [0.05, 0.1) is 0 Å². The Kier molecular flexibility index (Phi) is 14.7. The number of benzene rings is 1. The standard InChI is InChI=1S/C31H51N3O5S/c1-6-7-8-9-15-21-34(29(37)25(20-22-40-5)33-30(38)39-31(2,3)4)27(24-18-13-14-19-26(24)35)28(36)32-23-16-11-10-12-17-23/h13-14,18-19,23,25,27,35H,6-12,15-17,20-22H2,1-5H3,(H,32,36)(H,33,38). The van der Waals surface area contributed by atoms with E-state index in [9.17, 15) is 19.5 Å². The van der Waals surface area contributed by atoms with Crippen molar-refractivity contribution >= 4 is 29.7 Å². The van der Waals surface area contributed by atoms with Crippen molar-refractivity contribution in [3.63, 3.8) is 0 Å². The summed E-state index contributed by atoms with van der Waals surface area (Å²) in [6.45, 7) is 7.82. The monoisotopic (exact) mass is 577 g/mol. The number of carbonyl (C=O) groups is 3. The van der Waals surface area contributed by atoms with Gasteiger partial charge < -0.3 is 25.4 Å². The second-order valence-electron chi connectivity index (χ2n) is 11.7. The number of carbonyl (C=O) groups excluding carboxylic acids is 3. The number of phenols is 1. The zero-order valence-corrected chi connectivity index (χ0v) is 26.0. The van der Waals surface area contributed by atoms with E-state index in [2.05, 4.69) is 17.6 Å². The summed E-state index contributed by atoms with van der Waals surface area (Å²) in [5.74, 6) is -0.0269. The Morgan fingerprint density at radius 1 is 1.07 bits per heavy atom. The van der Waals surface area contributed by atoms with Gasteiger partial charge in [-0.25, -0.2) is 4.79 Å². The number of thioether (sulfide) groups is 1. The van der Waals surface area contributed by atoms with Crippen molar-refractivity contribution in [2.75, 3.05) is 18.6 Å². The number of phenolic OH excluding ortho intramolecular Hbond substituents is 1. The number of aromatic hydroxyl groups is 1. The molecule has 1 aromatic rings. The summed E-state index contributed by atoms with van der Waals surface area (Å²) in [6, 6.07) is 4.89. The number of nitrogens with zero attached hydrogens (tertiary/aromatic N) is 1. The van der Waals surface area contributed by atoms with Crippen LogP contribution in [0.25, 0.3) is 0 Å². The lowest BCUT2D eigenvalue weighted by molar-refractivity contribution is -0.143. The quantitative estimate of drug-likeness (QED) is 0.210. The molecule has 0 saturated heterocycles. The predicted molar refractivity (Wildman–Crippen MR) is 162 cm³/mol. The fraction of sp³-hybridized carbons (Fsp3) is 0.710. The molecule has 1 aromatic carbocycles. The summed E-state index contributed by atoms with van der Waals surface area (Å²) >= 11 is 1.58. The second-order valence-corrected chi connectivity index (χ2v) is 12.7. The number of hydrogen-bond donors (Lipinski definition) is 3. The van der Waals surface area contributed by atoms with Gasteiger partial charge in [0.2, 0.25) is 11.8 Å². The summed E-state index contributed by atoms with van der Waals surface area (Å²) < 4.78 is 5.47. The van der Waals surface area contributed by atoms with Crippen LogP contribution in [-0.4, -0.2) is 64.2 Å². The molecule has 9 heteroatoms. The Balaban J connectivity index is 2.44. The zero-order chi connectivity index (χ0) is 29.5. The minimum atomic E-state index is -1.01. The molecule has 2 atom stereocenters. The van der Waals surface area contributed by atoms with Crippen LogP contribution in [0.3, 0.4) is 0 Å². The van der Waals surface area contributed by atoms with Gasteiger partial charge >= 0.3 is 6.09 Å². The third kappa shape index (κ3) is 11.6. The first-order valence-electron chi connectivity index (χ1n) is 14.9. The molecule has 2 unspecified atom stereocenters. The van der Waals surface area contributed by atoms with Crippen LogP contribution in [0.4, 0.5) is 4.79 Å². The first-order valence-corrected chi connectivity index (χ1v) is 16.3. The number of ether oxygens (including phenoxy) is 1. The maximum atomic E-state index is 14.3. The van der Waals surface area contributed by atoms with E-state index in [1.165, 1.54) is 0 Å². The lowest BCUT2D eigenvalue weighted by atomic mass is 9.94. The molecule has 3 N–H and O–H groups in total. The maximum absolute atomic E-state index is 14.3. The van der Waals surface area contributed by atoms with E-state index < -0.39 is 23.8 Å². The highest BCUT2D eigenvalue weighted by molar-refractivity contribution is 7.98. The smallest absolute Gasteiger partial charge is 0.408 e. The predicted octanol–water partition coefficient (Wildman–Crippen LogP) is 6.33. The summed E-state index contributed by atoms with van der Waals surface area (Å²) in [4.78, 5) is 42.6. The lowest BCUT2D eigenvalue weighted by Crippen LogP contribution is -2.54. The summed E-state index contributed by atoms with van der Waals surface area (Å²) in [6.07, 6.45) is 11.6. The van der Waals surface area contributed by atoms with Gasteiger partial charge in [-0.15, -0.1) is 0 Å². The number of hydrogen-bond acceptors (Lipinski definition) is 6. The number of nitrogens with one attached hydrogen (secondary N) is 2. The maximum Gasteiger partial charge on any atom is 0.408 e. The van der Waals surface area contributed by atoms with Gasteiger partial charge in [-0.3, -0.25) is 9.59 Å². The third-order valence-electron chi connectivity index (χ3n) is 7.13. The second kappa shape index (κ2) is 17.4. The molecule has 40 heavy (non-hydrogen) atoms. The van der Waals surface area contributed by atoms with Crippen LogP contribution in [0.1, 0.15) is 110 Å². The fourth-order valence-electron chi connectivity index (χ4n) is 5.09. The van der Waals surface area contributed by atoms with Gasteiger partial charge in [0, 0.05) is 18.2 Å². The van der Waals surface area contributed by atoms with Crippen molar-refractivity contribution in [1.29, 1.82) is 0 Å². The van der Waals surface area contributed by atoms with Gasteiger partial charge in [0.15, 0.2) is 0 Å². The van der Waals surface area contributed by atoms with Gasteiger partial charge in [-0.2, -0.15) is 11.8 Å². The number of rotatable bonds is 15. The molecule has 2 rings (SSSR count). The number of para-hydroxylation sites is 1. The molecular formula is C31H51N3O5S. The number of amides is 3. The highest BCUT2D eigenvalue weighted by Gasteiger charge is 2.37. The van der Waals surface area contributed by atoms with E-state index in [4.69, 9.17) is 4.74 Å². The molecule has 0 aliphatic heterocycles. The molecule has 0 radical (unpaired) electrons. The SMILES string of the molecule is CCCCCCCN(C(=O)C(CCSC)NC(=O)OC(C)(C)C)C(C(=O)NC1CCCCC1)c1ccccc1O. The van der Waals surface area contributed by atoms with Crippen LogP contribution in [0, 0.1) is 0 Å². The minimum absolute atomic E-state index is 0.0316. The van der Waals surface area contributed by atoms with Crippen LogP contribution in [0.2, 0.25) is 0 Å². The van der Waals surface area contributed by atoms with E-state index in [1.54, 1.807) is 61.7 Å². The third-order valence-corrected chi connectivity index (χ3v) is 7.77. The van der Waals surface area contributed by atoms with E-state index in [0.717, 1.165) is 57.8 Å². The summed E-state index contributed by atoms with van der Waals surface area (Å²) in [5.41, 5.74) is -0.326. The largest absolute Gasteiger partial charge is 0.508 e. The molecule has 0 bridgehead atoms. The number of unbranched alkanes of at least 4 members (excludes halogenated alkanes) is 4. The van der Waals surface area contributed by atoms with Crippen LogP contribution < -0.4 is 10.6 Å². The highest BCUT2D eigenvalue weighted by atomic mass is 32.2. The van der Waals surface area contributed by atoms with Crippen LogP contribution >= 0.6 is 11.8 Å². The fourth-order valence-corrected chi connectivity index (χ4v) is 5.56. The highest BCUT2D eigenvalue weighted by Crippen LogP contribution is 2.31. The minimum Gasteiger partial charge on any atom is -0.508 e.